The molecule has 0 atom stereocenters. The van der Waals surface area contributed by atoms with Crippen molar-refractivity contribution >= 4 is 11.6 Å². The predicted octanol–water partition coefficient (Wildman–Crippen LogP) is 6.00. The summed E-state index contributed by atoms with van der Waals surface area (Å²) in [7, 11) is 0. The van der Waals surface area contributed by atoms with Crippen LogP contribution in [-0.4, -0.2) is 10.5 Å². The fourth-order valence-electron chi connectivity index (χ4n) is 4.37. The first-order chi connectivity index (χ1) is 15.9. The maximum Gasteiger partial charge on any atom is 0.261 e. The van der Waals surface area contributed by atoms with E-state index in [-0.39, 0.29) is 11.3 Å². The van der Waals surface area contributed by atoms with E-state index in [1.54, 1.807) is 18.4 Å². The van der Waals surface area contributed by atoms with Gasteiger partial charge in [-0.2, -0.15) is 0 Å². The number of benzene rings is 2. The van der Waals surface area contributed by atoms with Crippen molar-refractivity contribution < 1.29 is 9.18 Å². The molecule has 0 aliphatic carbocycles. The number of para-hydroxylation sites is 1. The number of nitrogens with one attached hydrogen (secondary N) is 1. The molecule has 0 fully saturated rings. The molecule has 0 spiro atoms. The lowest BCUT2D eigenvalue weighted by Gasteiger charge is -2.19. The Bertz CT molecular complexity index is 1160. The number of aryl methyl sites for hydroxylation is 3. The highest BCUT2D eigenvalue weighted by Gasteiger charge is 2.23. The van der Waals surface area contributed by atoms with Crippen molar-refractivity contribution in [2.45, 2.75) is 66.3 Å². The first kappa shape index (κ1) is 24.4. The van der Waals surface area contributed by atoms with Gasteiger partial charge in [-0.15, -0.1) is 0 Å². The fraction of sp³-hybridized carbons (Fsp3) is 0.357. The Morgan fingerprint density at radius 3 is 2.15 bits per heavy atom. The molecule has 0 aliphatic rings. The summed E-state index contributed by atoms with van der Waals surface area (Å²) < 4.78 is 16.6. The van der Waals surface area contributed by atoms with Crippen LogP contribution in [-0.2, 0) is 25.8 Å². The van der Waals surface area contributed by atoms with Crippen LogP contribution in [0.5, 0.6) is 0 Å². The van der Waals surface area contributed by atoms with Gasteiger partial charge in [-0.25, -0.2) is 4.39 Å². The van der Waals surface area contributed by atoms with E-state index in [2.05, 4.69) is 17.4 Å². The molecule has 0 radical (unpaired) electrons. The Balaban J connectivity index is 1.86. The smallest absolute Gasteiger partial charge is 0.261 e. The van der Waals surface area contributed by atoms with Crippen molar-refractivity contribution in [1.29, 1.82) is 0 Å². The van der Waals surface area contributed by atoms with Crippen LogP contribution in [0.3, 0.4) is 0 Å². The monoisotopic (exact) mass is 448 g/mol. The molecule has 0 unspecified atom stereocenters. The summed E-state index contributed by atoms with van der Waals surface area (Å²) in [5.41, 5.74) is 3.80. The third-order valence-corrected chi connectivity index (χ3v) is 6.32. The average molecular weight is 449 g/mol. The Morgan fingerprint density at radius 2 is 1.55 bits per heavy atom. The van der Waals surface area contributed by atoms with Crippen LogP contribution in [0, 0.1) is 19.7 Å². The summed E-state index contributed by atoms with van der Waals surface area (Å²) in [4.78, 5) is 26.0. The zero-order valence-electron chi connectivity index (χ0n) is 20.0. The summed E-state index contributed by atoms with van der Waals surface area (Å²) in [5.74, 6) is -1.40. The van der Waals surface area contributed by atoms with Crippen LogP contribution >= 0.6 is 0 Å². The summed E-state index contributed by atoms with van der Waals surface area (Å²) in [5, 5.41) is 2.92. The number of hydrogen-bond donors (Lipinski definition) is 1. The van der Waals surface area contributed by atoms with Crippen LogP contribution < -0.4 is 10.7 Å². The molecular weight excluding hydrogens is 415 g/mol. The molecule has 3 rings (SSSR count). The van der Waals surface area contributed by atoms with Gasteiger partial charge >= 0.3 is 0 Å². The summed E-state index contributed by atoms with van der Waals surface area (Å²) in [6.45, 7) is 7.91. The van der Waals surface area contributed by atoms with Crippen molar-refractivity contribution in [2.24, 2.45) is 0 Å². The van der Waals surface area contributed by atoms with Gasteiger partial charge in [-0.05, 0) is 62.6 Å². The van der Waals surface area contributed by atoms with Gasteiger partial charge in [0.25, 0.3) is 5.91 Å². The molecule has 1 aromatic heterocycles. The molecular formula is C28H33FN2O2. The third kappa shape index (κ3) is 5.41. The minimum absolute atomic E-state index is 0.117. The van der Waals surface area contributed by atoms with Gasteiger partial charge in [0.05, 0.1) is 5.69 Å². The number of pyridine rings is 1. The van der Waals surface area contributed by atoms with Crippen LogP contribution in [0.25, 0.3) is 0 Å². The number of nitrogens with zero attached hydrogens (tertiary/aromatic N) is 1. The highest BCUT2D eigenvalue weighted by molar-refractivity contribution is 6.05. The third-order valence-electron chi connectivity index (χ3n) is 6.32. The molecule has 2 aromatic carbocycles. The van der Waals surface area contributed by atoms with Gasteiger partial charge in [0.2, 0.25) is 5.43 Å². The standard InChI is InChI=1S/C28H33FN2O2/c1-5-22-16-12-17-23(6-2)26(22)30-28(33)24-19(3)31(20(4)25(29)27(24)32)18-11-10-15-21-13-8-7-9-14-21/h7-9,12-14,16-17H,5-6,10-11,15,18H2,1-4H3,(H,30,33). The lowest BCUT2D eigenvalue weighted by molar-refractivity contribution is 0.102. The minimum Gasteiger partial charge on any atom is -0.345 e. The molecule has 5 heteroatoms. The Labute approximate surface area is 195 Å². The molecule has 0 bridgehead atoms. The second kappa shape index (κ2) is 11.1. The topological polar surface area (TPSA) is 51.1 Å². The molecule has 0 aliphatic heterocycles. The van der Waals surface area contributed by atoms with Crippen molar-refractivity contribution in [1.82, 2.24) is 4.57 Å². The number of unbranched alkanes of at least 4 members (excludes halogenated alkanes) is 1. The number of anilines is 1. The second-order valence-electron chi connectivity index (χ2n) is 8.40. The average Bonchev–Trinajstić information content (AvgIpc) is 2.83. The quantitative estimate of drug-likeness (QED) is 0.408. The number of halogens is 1. The number of carbonyl (C=O) groups is 1. The van der Waals surface area contributed by atoms with Crippen molar-refractivity contribution in [3.05, 3.63) is 98.2 Å². The SMILES string of the molecule is CCc1cccc(CC)c1NC(=O)c1c(C)n(CCCCc2ccccc2)c(C)c(F)c1=O. The zero-order valence-corrected chi connectivity index (χ0v) is 20.0. The maximum absolute atomic E-state index is 14.9. The number of rotatable bonds is 9. The van der Waals surface area contributed by atoms with E-state index < -0.39 is 17.2 Å². The summed E-state index contributed by atoms with van der Waals surface area (Å²) >= 11 is 0. The largest absolute Gasteiger partial charge is 0.345 e. The Hall–Kier alpha value is -3.21. The number of carbonyl (C=O) groups excluding carboxylic acids is 1. The minimum atomic E-state index is -0.853. The Morgan fingerprint density at radius 1 is 0.909 bits per heavy atom. The zero-order chi connectivity index (χ0) is 24.0. The molecule has 1 N–H and O–H groups in total. The second-order valence-corrected chi connectivity index (χ2v) is 8.40. The van der Waals surface area contributed by atoms with Crippen molar-refractivity contribution in [3.63, 3.8) is 0 Å². The van der Waals surface area contributed by atoms with E-state index in [1.807, 2.05) is 50.2 Å². The van der Waals surface area contributed by atoms with Crippen LogP contribution in [0.4, 0.5) is 10.1 Å². The van der Waals surface area contributed by atoms with Crippen molar-refractivity contribution in [2.75, 3.05) is 5.32 Å². The lowest BCUT2D eigenvalue weighted by Crippen LogP contribution is -2.30. The first-order valence-corrected chi connectivity index (χ1v) is 11.7. The van der Waals surface area contributed by atoms with E-state index in [4.69, 9.17) is 0 Å². The van der Waals surface area contributed by atoms with Gasteiger partial charge in [-0.1, -0.05) is 62.4 Å². The van der Waals surface area contributed by atoms with E-state index in [0.717, 1.165) is 48.9 Å². The van der Waals surface area contributed by atoms with Crippen LogP contribution in [0.15, 0.2) is 53.3 Å². The van der Waals surface area contributed by atoms with E-state index in [1.165, 1.54) is 5.56 Å². The molecule has 1 amide bonds. The van der Waals surface area contributed by atoms with Gasteiger partial charge in [-0.3, -0.25) is 9.59 Å². The highest BCUT2D eigenvalue weighted by atomic mass is 19.1. The van der Waals surface area contributed by atoms with Gasteiger partial charge in [0.1, 0.15) is 5.56 Å². The van der Waals surface area contributed by atoms with Crippen molar-refractivity contribution in [3.8, 4) is 0 Å². The summed E-state index contributed by atoms with van der Waals surface area (Å²) in [6, 6.07) is 16.1. The number of aromatic nitrogens is 1. The molecule has 33 heavy (non-hydrogen) atoms. The maximum atomic E-state index is 14.9. The van der Waals surface area contributed by atoms with E-state index >= 15 is 0 Å². The number of amides is 1. The van der Waals surface area contributed by atoms with E-state index in [0.29, 0.717) is 12.2 Å². The molecule has 0 saturated carbocycles. The lowest BCUT2D eigenvalue weighted by atomic mass is 10.0. The highest BCUT2D eigenvalue weighted by Crippen LogP contribution is 2.24. The Kier molecular flexibility index (Phi) is 8.21. The van der Waals surface area contributed by atoms with Gasteiger partial charge < -0.3 is 9.88 Å². The molecule has 1 heterocycles. The number of hydrogen-bond acceptors (Lipinski definition) is 2. The van der Waals surface area contributed by atoms with Gasteiger partial charge in [0, 0.05) is 17.9 Å². The molecule has 3 aromatic rings. The predicted molar refractivity (Wildman–Crippen MR) is 133 cm³/mol. The first-order valence-electron chi connectivity index (χ1n) is 11.7. The fourth-order valence-corrected chi connectivity index (χ4v) is 4.37. The van der Waals surface area contributed by atoms with Crippen LogP contribution in [0.1, 0.15) is 65.1 Å². The summed E-state index contributed by atoms with van der Waals surface area (Å²) in [6.07, 6.45) is 4.18. The molecule has 4 nitrogen and oxygen atoms in total. The van der Waals surface area contributed by atoms with Gasteiger partial charge in [0.15, 0.2) is 5.82 Å². The van der Waals surface area contributed by atoms with E-state index in [9.17, 15) is 14.0 Å². The molecule has 0 saturated heterocycles. The molecule has 174 valence electrons. The normalized spacial score (nSPS) is 10.9. The van der Waals surface area contributed by atoms with Crippen LogP contribution in [0.2, 0.25) is 0 Å².